The lowest BCUT2D eigenvalue weighted by Gasteiger charge is -2.07. The minimum Gasteiger partial charge on any atom is -0.497 e. The highest BCUT2D eigenvalue weighted by Gasteiger charge is 2.17. The Kier molecular flexibility index (Phi) is 5.00. The van der Waals surface area contributed by atoms with E-state index >= 15 is 0 Å². The zero-order chi connectivity index (χ0) is 17.8. The number of amides is 1. The Balaban J connectivity index is 1.63. The van der Waals surface area contributed by atoms with E-state index in [-0.39, 0.29) is 6.61 Å². The van der Waals surface area contributed by atoms with Crippen LogP contribution in [0.1, 0.15) is 15.2 Å². The Labute approximate surface area is 149 Å². The SMILES string of the molecule is COc1cccc(NC(=O)COC(=O)c2sc3ccccc3c2C)c1. The van der Waals surface area contributed by atoms with Crippen LogP contribution in [0.5, 0.6) is 5.75 Å². The summed E-state index contributed by atoms with van der Waals surface area (Å²) in [6, 6.07) is 14.7. The topological polar surface area (TPSA) is 64.6 Å². The Morgan fingerprint density at radius 1 is 1.12 bits per heavy atom. The molecule has 0 aliphatic rings. The number of fused-ring (bicyclic) bond motifs is 1. The highest BCUT2D eigenvalue weighted by Crippen LogP contribution is 2.30. The van der Waals surface area contributed by atoms with Gasteiger partial charge in [-0.1, -0.05) is 24.3 Å². The number of hydrogen-bond acceptors (Lipinski definition) is 5. The molecule has 0 spiro atoms. The summed E-state index contributed by atoms with van der Waals surface area (Å²) in [5, 5.41) is 3.70. The van der Waals surface area contributed by atoms with Gasteiger partial charge in [-0.3, -0.25) is 4.79 Å². The van der Waals surface area contributed by atoms with E-state index in [9.17, 15) is 9.59 Å². The van der Waals surface area contributed by atoms with Crippen LogP contribution in [0, 0.1) is 6.92 Å². The van der Waals surface area contributed by atoms with Crippen molar-refractivity contribution in [2.75, 3.05) is 19.0 Å². The fourth-order valence-corrected chi connectivity index (χ4v) is 3.57. The third kappa shape index (κ3) is 3.80. The molecular formula is C19H17NO4S. The first-order valence-corrected chi connectivity index (χ1v) is 8.49. The van der Waals surface area contributed by atoms with Gasteiger partial charge in [-0.25, -0.2) is 4.79 Å². The van der Waals surface area contributed by atoms with Crippen molar-refractivity contribution in [1.82, 2.24) is 0 Å². The largest absolute Gasteiger partial charge is 0.497 e. The third-order valence-corrected chi connectivity index (χ3v) is 4.97. The predicted octanol–water partition coefficient (Wildman–Crippen LogP) is 4.01. The second-order valence-corrected chi connectivity index (χ2v) is 6.46. The zero-order valence-electron chi connectivity index (χ0n) is 13.9. The highest BCUT2D eigenvalue weighted by atomic mass is 32.1. The molecular weight excluding hydrogens is 338 g/mol. The second-order valence-electron chi connectivity index (χ2n) is 5.41. The fourth-order valence-electron chi connectivity index (χ4n) is 2.46. The number of aryl methyl sites for hydroxylation is 1. The molecule has 5 nitrogen and oxygen atoms in total. The van der Waals surface area contributed by atoms with Crippen LogP contribution < -0.4 is 10.1 Å². The van der Waals surface area contributed by atoms with Crippen LogP contribution in [0.15, 0.2) is 48.5 Å². The minimum atomic E-state index is -0.487. The number of carbonyl (C=O) groups excluding carboxylic acids is 2. The number of carbonyl (C=O) groups is 2. The first-order chi connectivity index (χ1) is 12.1. The van der Waals surface area contributed by atoms with E-state index in [0.717, 1.165) is 15.6 Å². The number of anilines is 1. The maximum atomic E-state index is 12.3. The third-order valence-electron chi connectivity index (χ3n) is 3.72. The van der Waals surface area contributed by atoms with E-state index in [4.69, 9.17) is 9.47 Å². The fraction of sp³-hybridized carbons (Fsp3) is 0.158. The van der Waals surface area contributed by atoms with Gasteiger partial charge in [-0.05, 0) is 36.1 Å². The van der Waals surface area contributed by atoms with Crippen LogP contribution in [0.4, 0.5) is 5.69 Å². The average molecular weight is 355 g/mol. The molecule has 0 aliphatic heterocycles. The molecule has 3 rings (SSSR count). The smallest absolute Gasteiger partial charge is 0.349 e. The number of benzene rings is 2. The van der Waals surface area contributed by atoms with Gasteiger partial charge in [0.2, 0.25) is 0 Å². The van der Waals surface area contributed by atoms with Crippen LogP contribution in [0.2, 0.25) is 0 Å². The van der Waals surface area contributed by atoms with Crippen LogP contribution in [0.3, 0.4) is 0 Å². The Morgan fingerprint density at radius 2 is 1.92 bits per heavy atom. The molecule has 6 heteroatoms. The first-order valence-electron chi connectivity index (χ1n) is 7.67. The van der Waals surface area contributed by atoms with Gasteiger partial charge in [0.1, 0.15) is 10.6 Å². The van der Waals surface area contributed by atoms with E-state index in [1.54, 1.807) is 31.4 Å². The molecule has 0 aliphatic carbocycles. The summed E-state index contributed by atoms with van der Waals surface area (Å²) in [4.78, 5) is 24.8. The molecule has 3 aromatic rings. The lowest BCUT2D eigenvalue weighted by atomic mass is 10.1. The predicted molar refractivity (Wildman–Crippen MR) is 98.5 cm³/mol. The number of esters is 1. The highest BCUT2D eigenvalue weighted by molar-refractivity contribution is 7.21. The molecule has 0 fully saturated rings. The molecule has 0 bridgehead atoms. The molecule has 1 heterocycles. The summed E-state index contributed by atoms with van der Waals surface area (Å²) in [5.41, 5.74) is 1.46. The number of ether oxygens (including phenoxy) is 2. The molecule has 2 aromatic carbocycles. The molecule has 0 atom stereocenters. The van der Waals surface area contributed by atoms with Gasteiger partial charge >= 0.3 is 5.97 Å². The van der Waals surface area contributed by atoms with Crippen molar-refractivity contribution in [2.24, 2.45) is 0 Å². The minimum absolute atomic E-state index is 0.344. The molecule has 0 saturated carbocycles. The van der Waals surface area contributed by atoms with E-state index in [0.29, 0.717) is 16.3 Å². The molecule has 0 unspecified atom stereocenters. The van der Waals surface area contributed by atoms with E-state index in [2.05, 4.69) is 5.32 Å². The Morgan fingerprint density at radius 3 is 2.68 bits per heavy atom. The summed E-state index contributed by atoms with van der Waals surface area (Å²) >= 11 is 1.37. The molecule has 1 N–H and O–H groups in total. The Hall–Kier alpha value is -2.86. The number of hydrogen-bond donors (Lipinski definition) is 1. The van der Waals surface area contributed by atoms with Crippen molar-refractivity contribution in [1.29, 1.82) is 0 Å². The summed E-state index contributed by atoms with van der Waals surface area (Å²) in [6.45, 7) is 1.54. The number of nitrogens with one attached hydrogen (secondary N) is 1. The molecule has 0 saturated heterocycles. The van der Waals surface area contributed by atoms with Crippen LogP contribution >= 0.6 is 11.3 Å². The van der Waals surface area contributed by atoms with Crippen molar-refractivity contribution >= 4 is 39.0 Å². The van der Waals surface area contributed by atoms with Crippen molar-refractivity contribution in [2.45, 2.75) is 6.92 Å². The van der Waals surface area contributed by atoms with Crippen LogP contribution in [-0.2, 0) is 9.53 Å². The van der Waals surface area contributed by atoms with Crippen molar-refractivity contribution in [3.05, 3.63) is 59.0 Å². The molecule has 25 heavy (non-hydrogen) atoms. The Bertz CT molecular complexity index is 932. The van der Waals surface area contributed by atoms with Gasteiger partial charge in [0.25, 0.3) is 5.91 Å². The van der Waals surface area contributed by atoms with Gasteiger partial charge in [0, 0.05) is 16.5 Å². The molecule has 128 valence electrons. The van der Waals surface area contributed by atoms with Crippen molar-refractivity contribution < 1.29 is 19.1 Å². The van der Waals surface area contributed by atoms with E-state index in [1.807, 2.05) is 31.2 Å². The number of thiophene rings is 1. The van der Waals surface area contributed by atoms with E-state index in [1.165, 1.54) is 11.3 Å². The maximum Gasteiger partial charge on any atom is 0.349 e. The summed E-state index contributed by atoms with van der Waals surface area (Å²) in [6.07, 6.45) is 0. The number of rotatable bonds is 5. The van der Waals surface area contributed by atoms with Crippen molar-refractivity contribution in [3.8, 4) is 5.75 Å². The lowest BCUT2D eigenvalue weighted by molar-refractivity contribution is -0.119. The normalized spacial score (nSPS) is 10.5. The van der Waals surface area contributed by atoms with Gasteiger partial charge in [-0.2, -0.15) is 0 Å². The maximum absolute atomic E-state index is 12.3. The van der Waals surface area contributed by atoms with Gasteiger partial charge < -0.3 is 14.8 Å². The quantitative estimate of drug-likeness (QED) is 0.702. The summed E-state index contributed by atoms with van der Waals surface area (Å²) in [5.74, 6) is -0.254. The molecule has 0 radical (unpaired) electrons. The van der Waals surface area contributed by atoms with Gasteiger partial charge in [-0.15, -0.1) is 11.3 Å². The standard InChI is InChI=1S/C19H17NO4S/c1-12-15-8-3-4-9-16(15)25-18(12)19(22)24-11-17(21)20-13-6-5-7-14(10-13)23-2/h3-10H,11H2,1-2H3,(H,20,21). The number of methoxy groups -OCH3 is 1. The van der Waals surface area contributed by atoms with Crippen LogP contribution in [0.25, 0.3) is 10.1 Å². The van der Waals surface area contributed by atoms with Crippen molar-refractivity contribution in [3.63, 3.8) is 0 Å². The zero-order valence-corrected chi connectivity index (χ0v) is 14.7. The summed E-state index contributed by atoms with van der Waals surface area (Å²) in [7, 11) is 1.55. The van der Waals surface area contributed by atoms with Gasteiger partial charge in [0.05, 0.1) is 7.11 Å². The average Bonchev–Trinajstić information content (AvgIpc) is 2.97. The lowest BCUT2D eigenvalue weighted by Crippen LogP contribution is -2.20. The van der Waals surface area contributed by atoms with E-state index < -0.39 is 11.9 Å². The van der Waals surface area contributed by atoms with Gasteiger partial charge in [0.15, 0.2) is 6.61 Å². The second kappa shape index (κ2) is 7.36. The monoisotopic (exact) mass is 355 g/mol. The summed E-state index contributed by atoms with van der Waals surface area (Å²) < 4.78 is 11.3. The first kappa shape index (κ1) is 17.0. The molecule has 1 aromatic heterocycles. The van der Waals surface area contributed by atoms with Crippen LogP contribution in [-0.4, -0.2) is 25.6 Å². The molecule has 1 amide bonds.